The zero-order valence-electron chi connectivity index (χ0n) is 11.2. The normalized spacial score (nSPS) is 10.5. The summed E-state index contributed by atoms with van der Waals surface area (Å²) in [5.41, 5.74) is 2.51. The molecule has 0 radical (unpaired) electrons. The highest BCUT2D eigenvalue weighted by atomic mass is 16.4. The van der Waals surface area contributed by atoms with E-state index in [1.807, 2.05) is 25.1 Å². The molecule has 4 heteroatoms. The molecule has 0 bridgehead atoms. The summed E-state index contributed by atoms with van der Waals surface area (Å²) < 4.78 is 0. The van der Waals surface area contributed by atoms with Crippen LogP contribution < -0.4 is 0 Å². The Morgan fingerprint density at radius 1 is 1.33 bits per heavy atom. The van der Waals surface area contributed by atoms with Gasteiger partial charge in [-0.3, -0.25) is 9.59 Å². The van der Waals surface area contributed by atoms with E-state index in [1.54, 1.807) is 0 Å². The van der Waals surface area contributed by atoms with Gasteiger partial charge >= 0.3 is 5.97 Å². The van der Waals surface area contributed by atoms with Crippen LogP contribution in [0.25, 0.3) is 0 Å². The van der Waals surface area contributed by atoms with Gasteiger partial charge in [-0.1, -0.05) is 26.0 Å². The van der Waals surface area contributed by atoms with E-state index in [0.717, 1.165) is 11.1 Å². The zero-order valence-corrected chi connectivity index (χ0v) is 11.2. The standard InChI is InChI=1S/C14H19NO3/c1-9(2)11-6-5-10(3)12(7-11)14(18)15(4)8-13(16)17/h5-7,9H,8H2,1-4H3,(H,16,17). The molecule has 0 unspecified atom stereocenters. The van der Waals surface area contributed by atoms with Gasteiger partial charge in [0.25, 0.3) is 5.91 Å². The number of carboxylic acid groups (broad SMARTS) is 1. The first kappa shape index (κ1) is 14.2. The third-order valence-electron chi connectivity index (χ3n) is 2.88. The molecule has 0 atom stereocenters. The van der Waals surface area contributed by atoms with Crippen LogP contribution in [0.2, 0.25) is 0 Å². The zero-order chi connectivity index (χ0) is 13.9. The second kappa shape index (κ2) is 5.67. The Kier molecular flexibility index (Phi) is 4.48. The largest absolute Gasteiger partial charge is 0.480 e. The number of likely N-dealkylation sites (N-methyl/N-ethyl adjacent to an activating group) is 1. The highest BCUT2D eigenvalue weighted by Gasteiger charge is 2.17. The average Bonchev–Trinajstić information content (AvgIpc) is 2.27. The number of carbonyl (C=O) groups excluding carboxylic acids is 1. The van der Waals surface area contributed by atoms with Gasteiger partial charge in [-0.25, -0.2) is 0 Å². The first-order chi connectivity index (χ1) is 8.32. The molecule has 0 aliphatic carbocycles. The molecule has 0 saturated carbocycles. The lowest BCUT2D eigenvalue weighted by atomic mass is 9.97. The van der Waals surface area contributed by atoms with Gasteiger partial charge in [-0.05, 0) is 30.0 Å². The van der Waals surface area contributed by atoms with E-state index >= 15 is 0 Å². The lowest BCUT2D eigenvalue weighted by Gasteiger charge is -2.17. The molecule has 0 spiro atoms. The van der Waals surface area contributed by atoms with Crippen molar-refractivity contribution in [1.29, 1.82) is 0 Å². The van der Waals surface area contributed by atoms with Crippen LogP contribution in [0.4, 0.5) is 0 Å². The summed E-state index contributed by atoms with van der Waals surface area (Å²) in [5, 5.41) is 8.70. The molecule has 0 aliphatic heterocycles. The summed E-state index contributed by atoms with van der Waals surface area (Å²) in [6.45, 7) is 5.68. The van der Waals surface area contributed by atoms with E-state index in [4.69, 9.17) is 5.11 Å². The fourth-order valence-electron chi connectivity index (χ4n) is 1.71. The number of hydrogen-bond acceptors (Lipinski definition) is 2. The summed E-state index contributed by atoms with van der Waals surface area (Å²) in [5.74, 6) is -0.928. The number of aryl methyl sites for hydroxylation is 1. The number of rotatable bonds is 4. The van der Waals surface area contributed by atoms with E-state index < -0.39 is 5.97 Å². The lowest BCUT2D eigenvalue weighted by Crippen LogP contribution is -2.32. The Morgan fingerprint density at radius 3 is 2.44 bits per heavy atom. The van der Waals surface area contributed by atoms with Gasteiger partial charge < -0.3 is 10.0 Å². The molecule has 0 aliphatic rings. The first-order valence-corrected chi connectivity index (χ1v) is 5.90. The minimum Gasteiger partial charge on any atom is -0.480 e. The van der Waals surface area contributed by atoms with E-state index in [-0.39, 0.29) is 12.5 Å². The smallest absolute Gasteiger partial charge is 0.323 e. The quantitative estimate of drug-likeness (QED) is 0.890. The first-order valence-electron chi connectivity index (χ1n) is 5.90. The maximum Gasteiger partial charge on any atom is 0.323 e. The van der Waals surface area contributed by atoms with Crippen molar-refractivity contribution >= 4 is 11.9 Å². The molecule has 1 aromatic rings. The Balaban J connectivity index is 3.04. The molecule has 0 aromatic heterocycles. The van der Waals surface area contributed by atoms with Gasteiger partial charge in [0, 0.05) is 12.6 Å². The van der Waals surface area contributed by atoms with E-state index in [2.05, 4.69) is 13.8 Å². The van der Waals surface area contributed by atoms with Gasteiger partial charge in [0.1, 0.15) is 6.54 Å². The number of benzene rings is 1. The molecule has 0 heterocycles. The molecule has 1 aromatic carbocycles. The topological polar surface area (TPSA) is 57.6 Å². The maximum atomic E-state index is 12.1. The molecule has 1 rings (SSSR count). The predicted octanol–water partition coefficient (Wildman–Crippen LogP) is 2.28. The Bertz CT molecular complexity index is 466. The Morgan fingerprint density at radius 2 is 1.94 bits per heavy atom. The van der Waals surface area contributed by atoms with Crippen LogP contribution in [-0.2, 0) is 4.79 Å². The van der Waals surface area contributed by atoms with Gasteiger partial charge in [0.15, 0.2) is 0 Å². The maximum absolute atomic E-state index is 12.1. The van der Waals surface area contributed by atoms with Crippen molar-refractivity contribution in [3.8, 4) is 0 Å². The summed E-state index contributed by atoms with van der Waals surface area (Å²) in [4.78, 5) is 24.0. The number of aliphatic carboxylic acids is 1. The van der Waals surface area contributed by atoms with Crippen LogP contribution >= 0.6 is 0 Å². The van der Waals surface area contributed by atoms with Crippen molar-refractivity contribution in [1.82, 2.24) is 4.90 Å². The summed E-state index contributed by atoms with van der Waals surface area (Å²) >= 11 is 0. The fraction of sp³-hybridized carbons (Fsp3) is 0.429. The molecule has 1 N–H and O–H groups in total. The number of amides is 1. The van der Waals surface area contributed by atoms with Gasteiger partial charge in [0.05, 0.1) is 0 Å². The van der Waals surface area contributed by atoms with Crippen LogP contribution in [0, 0.1) is 6.92 Å². The highest BCUT2D eigenvalue weighted by molar-refractivity contribution is 5.97. The van der Waals surface area contributed by atoms with Crippen molar-refractivity contribution in [2.24, 2.45) is 0 Å². The molecule has 0 saturated heterocycles. The molecular formula is C14H19NO3. The van der Waals surface area contributed by atoms with Gasteiger partial charge in [-0.2, -0.15) is 0 Å². The SMILES string of the molecule is Cc1ccc(C(C)C)cc1C(=O)N(C)CC(=O)O. The second-order valence-corrected chi connectivity index (χ2v) is 4.78. The van der Waals surface area contributed by atoms with Crippen molar-refractivity contribution in [3.05, 3.63) is 34.9 Å². The molecule has 0 fully saturated rings. The average molecular weight is 249 g/mol. The van der Waals surface area contributed by atoms with E-state index in [0.29, 0.717) is 11.5 Å². The van der Waals surface area contributed by atoms with Gasteiger partial charge in [0.2, 0.25) is 0 Å². The van der Waals surface area contributed by atoms with Crippen LogP contribution in [0.15, 0.2) is 18.2 Å². The summed E-state index contributed by atoms with van der Waals surface area (Å²) in [6.07, 6.45) is 0. The van der Waals surface area contributed by atoms with Crippen molar-refractivity contribution in [2.45, 2.75) is 26.7 Å². The molecular weight excluding hydrogens is 230 g/mol. The van der Waals surface area contributed by atoms with Crippen molar-refractivity contribution < 1.29 is 14.7 Å². The van der Waals surface area contributed by atoms with Crippen molar-refractivity contribution in [3.63, 3.8) is 0 Å². The number of carboxylic acids is 1. The van der Waals surface area contributed by atoms with E-state index in [1.165, 1.54) is 11.9 Å². The monoisotopic (exact) mass is 249 g/mol. The van der Waals surface area contributed by atoms with Crippen LogP contribution in [0.1, 0.15) is 41.3 Å². The molecule has 18 heavy (non-hydrogen) atoms. The number of carbonyl (C=O) groups is 2. The predicted molar refractivity (Wildman–Crippen MR) is 69.9 cm³/mol. The van der Waals surface area contributed by atoms with Crippen LogP contribution in [-0.4, -0.2) is 35.5 Å². The lowest BCUT2D eigenvalue weighted by molar-refractivity contribution is -0.137. The molecule has 1 amide bonds. The fourth-order valence-corrected chi connectivity index (χ4v) is 1.71. The van der Waals surface area contributed by atoms with Crippen molar-refractivity contribution in [2.75, 3.05) is 13.6 Å². The Hall–Kier alpha value is -1.84. The summed E-state index contributed by atoms with van der Waals surface area (Å²) in [7, 11) is 1.50. The van der Waals surface area contributed by atoms with E-state index in [9.17, 15) is 9.59 Å². The third-order valence-corrected chi connectivity index (χ3v) is 2.88. The number of nitrogens with zero attached hydrogens (tertiary/aromatic N) is 1. The third kappa shape index (κ3) is 3.32. The summed E-state index contributed by atoms with van der Waals surface area (Å²) in [6, 6.07) is 5.74. The highest BCUT2D eigenvalue weighted by Crippen LogP contribution is 2.19. The number of hydrogen-bond donors (Lipinski definition) is 1. The van der Waals surface area contributed by atoms with Crippen LogP contribution in [0.3, 0.4) is 0 Å². The van der Waals surface area contributed by atoms with Gasteiger partial charge in [-0.15, -0.1) is 0 Å². The minimum atomic E-state index is -1.01. The Labute approximate surface area is 107 Å². The van der Waals surface area contributed by atoms with Crippen LogP contribution in [0.5, 0.6) is 0 Å². The molecule has 4 nitrogen and oxygen atoms in total. The second-order valence-electron chi connectivity index (χ2n) is 4.78. The minimum absolute atomic E-state index is 0.252. The molecule has 98 valence electrons.